The highest BCUT2D eigenvalue weighted by molar-refractivity contribution is 6.00. The molecule has 0 unspecified atom stereocenters. The van der Waals surface area contributed by atoms with Gasteiger partial charge in [-0.1, -0.05) is 78.9 Å². The molecule has 0 aliphatic rings. The van der Waals surface area contributed by atoms with E-state index in [1.165, 1.54) is 5.39 Å². The summed E-state index contributed by atoms with van der Waals surface area (Å²) in [6.45, 7) is 0. The summed E-state index contributed by atoms with van der Waals surface area (Å²) in [7, 11) is 0. The maximum Gasteiger partial charge on any atom is 0.308 e. The molecule has 0 amide bonds. The summed E-state index contributed by atoms with van der Waals surface area (Å²) in [6, 6.07) is 35.5. The average Bonchev–Trinajstić information content (AvgIpc) is 3.43. The van der Waals surface area contributed by atoms with Crippen LogP contribution in [-0.4, -0.2) is 9.38 Å². The number of oxazole rings is 1. The van der Waals surface area contributed by atoms with Crippen molar-refractivity contribution in [2.24, 2.45) is 0 Å². The third kappa shape index (κ3) is 2.89. The second kappa shape index (κ2) is 7.18. The van der Waals surface area contributed by atoms with Crippen LogP contribution in [0.1, 0.15) is 0 Å². The fraction of sp³-hybridized carbons (Fsp3) is 0. The first kappa shape index (κ1) is 17.5. The summed E-state index contributed by atoms with van der Waals surface area (Å²) < 4.78 is 7.73. The van der Waals surface area contributed by atoms with E-state index in [9.17, 15) is 0 Å². The monoisotopic (exact) mass is 401 g/mol. The average molecular weight is 401 g/mol. The van der Waals surface area contributed by atoms with Gasteiger partial charge in [0.25, 0.3) is 0 Å². The smallest absolute Gasteiger partial charge is 0.308 e. The molecular weight excluding hydrogens is 382 g/mol. The number of nitrogens with zero attached hydrogens (tertiary/aromatic N) is 3. The van der Waals surface area contributed by atoms with Crippen LogP contribution in [0.5, 0.6) is 0 Å². The molecule has 0 saturated heterocycles. The molecule has 148 valence electrons. The van der Waals surface area contributed by atoms with Crippen LogP contribution in [0.25, 0.3) is 27.9 Å². The number of anilines is 3. The van der Waals surface area contributed by atoms with E-state index in [1.54, 1.807) is 6.26 Å². The van der Waals surface area contributed by atoms with Crippen molar-refractivity contribution >= 4 is 33.8 Å². The summed E-state index contributed by atoms with van der Waals surface area (Å²) in [4.78, 5) is 7.15. The predicted octanol–water partition coefficient (Wildman–Crippen LogP) is 7.22. The van der Waals surface area contributed by atoms with Crippen LogP contribution in [0.15, 0.2) is 120 Å². The van der Waals surface area contributed by atoms with Gasteiger partial charge in [0.2, 0.25) is 0 Å². The number of imidazole rings is 1. The van der Waals surface area contributed by atoms with Crippen molar-refractivity contribution in [2.75, 3.05) is 4.90 Å². The molecule has 0 bridgehead atoms. The topological polar surface area (TPSA) is 33.7 Å². The molecule has 4 heteroatoms. The first-order chi connectivity index (χ1) is 15.4. The number of para-hydroxylation sites is 2. The van der Waals surface area contributed by atoms with E-state index in [1.807, 2.05) is 22.7 Å². The second-order valence-corrected chi connectivity index (χ2v) is 7.37. The lowest BCUT2D eigenvalue weighted by atomic mass is 10.0. The Bertz CT molecular complexity index is 1440. The Morgan fingerprint density at radius 1 is 0.677 bits per heavy atom. The maximum absolute atomic E-state index is 5.72. The lowest BCUT2D eigenvalue weighted by Crippen LogP contribution is -2.12. The van der Waals surface area contributed by atoms with E-state index < -0.39 is 0 Å². The Hall–Kier alpha value is -4.31. The molecule has 4 nitrogen and oxygen atoms in total. The zero-order valence-corrected chi connectivity index (χ0v) is 16.7. The quantitative estimate of drug-likeness (QED) is 0.313. The molecule has 0 aliphatic heterocycles. The zero-order valence-electron chi connectivity index (χ0n) is 16.7. The number of rotatable bonds is 4. The van der Waals surface area contributed by atoms with Crippen molar-refractivity contribution < 1.29 is 4.42 Å². The van der Waals surface area contributed by atoms with Crippen molar-refractivity contribution in [1.82, 2.24) is 9.38 Å². The van der Waals surface area contributed by atoms with Gasteiger partial charge in [-0.05, 0) is 35.0 Å². The number of aromatic nitrogens is 2. The van der Waals surface area contributed by atoms with Crippen LogP contribution >= 0.6 is 0 Å². The molecule has 31 heavy (non-hydrogen) atoms. The third-order valence-electron chi connectivity index (χ3n) is 5.52. The Morgan fingerprint density at radius 3 is 2.06 bits per heavy atom. The van der Waals surface area contributed by atoms with Crippen LogP contribution < -0.4 is 4.90 Å². The molecular formula is C27H19N3O. The van der Waals surface area contributed by atoms with Gasteiger partial charge in [-0.15, -0.1) is 0 Å². The number of benzene rings is 4. The normalized spacial score (nSPS) is 11.2. The minimum absolute atomic E-state index is 0.565. The van der Waals surface area contributed by atoms with Gasteiger partial charge in [0.15, 0.2) is 5.82 Å². The molecule has 0 spiro atoms. The standard InChI is InChI=1S/C27H19N3O/c1-3-12-21(13-4-1)30(22-14-5-2-6-15-22)26-25(28-27-29(26)18-19-31-27)24-17-9-11-20-10-7-8-16-23(20)24/h1-19H. The number of fused-ring (bicyclic) bond motifs is 2. The van der Waals surface area contributed by atoms with Gasteiger partial charge in [0, 0.05) is 16.9 Å². The minimum Gasteiger partial charge on any atom is -0.432 e. The highest BCUT2D eigenvalue weighted by atomic mass is 16.3. The van der Waals surface area contributed by atoms with Gasteiger partial charge < -0.3 is 4.42 Å². The Morgan fingerprint density at radius 2 is 1.32 bits per heavy atom. The zero-order chi connectivity index (χ0) is 20.6. The fourth-order valence-corrected chi connectivity index (χ4v) is 4.15. The molecule has 0 saturated carbocycles. The second-order valence-electron chi connectivity index (χ2n) is 7.37. The molecule has 2 aromatic heterocycles. The van der Waals surface area contributed by atoms with E-state index in [2.05, 4.69) is 95.9 Å². The molecule has 0 fully saturated rings. The largest absolute Gasteiger partial charge is 0.432 e. The lowest BCUT2D eigenvalue weighted by Gasteiger charge is -2.25. The highest BCUT2D eigenvalue weighted by Crippen LogP contribution is 2.42. The lowest BCUT2D eigenvalue weighted by molar-refractivity contribution is 0.596. The number of hydrogen-bond acceptors (Lipinski definition) is 3. The maximum atomic E-state index is 5.72. The van der Waals surface area contributed by atoms with Crippen LogP contribution in [-0.2, 0) is 0 Å². The molecule has 0 atom stereocenters. The van der Waals surface area contributed by atoms with Gasteiger partial charge in [-0.25, -0.2) is 0 Å². The molecule has 6 aromatic rings. The van der Waals surface area contributed by atoms with Crippen molar-refractivity contribution in [3.05, 3.63) is 116 Å². The number of hydrogen-bond donors (Lipinski definition) is 0. The van der Waals surface area contributed by atoms with Gasteiger partial charge in [-0.3, -0.25) is 9.30 Å². The van der Waals surface area contributed by atoms with Gasteiger partial charge in [-0.2, -0.15) is 4.98 Å². The van der Waals surface area contributed by atoms with Crippen molar-refractivity contribution in [1.29, 1.82) is 0 Å². The summed E-state index contributed by atoms with van der Waals surface area (Å²) >= 11 is 0. The van der Waals surface area contributed by atoms with E-state index >= 15 is 0 Å². The van der Waals surface area contributed by atoms with Crippen molar-refractivity contribution in [3.63, 3.8) is 0 Å². The Balaban J connectivity index is 1.69. The van der Waals surface area contributed by atoms with Gasteiger partial charge in [0.05, 0.1) is 6.20 Å². The van der Waals surface area contributed by atoms with Crippen LogP contribution in [0.4, 0.5) is 17.2 Å². The first-order valence-corrected chi connectivity index (χ1v) is 10.2. The Kier molecular flexibility index (Phi) is 4.06. The van der Waals surface area contributed by atoms with E-state index in [4.69, 9.17) is 9.40 Å². The summed E-state index contributed by atoms with van der Waals surface area (Å²) in [6.07, 6.45) is 3.60. The summed E-state index contributed by atoms with van der Waals surface area (Å²) in [5.74, 6) is 1.51. The fourth-order valence-electron chi connectivity index (χ4n) is 4.15. The highest BCUT2D eigenvalue weighted by Gasteiger charge is 2.25. The van der Waals surface area contributed by atoms with Gasteiger partial charge >= 0.3 is 5.84 Å². The molecule has 0 aliphatic carbocycles. The first-order valence-electron chi connectivity index (χ1n) is 10.2. The summed E-state index contributed by atoms with van der Waals surface area (Å²) in [5, 5.41) is 2.34. The SMILES string of the molecule is c1ccc(N(c2ccccc2)c2c(-c3cccc4ccccc34)nc3occn23)cc1. The molecule has 0 N–H and O–H groups in total. The minimum atomic E-state index is 0.565. The van der Waals surface area contributed by atoms with E-state index in [-0.39, 0.29) is 0 Å². The van der Waals surface area contributed by atoms with Crippen LogP contribution in [0, 0.1) is 0 Å². The molecule has 2 heterocycles. The van der Waals surface area contributed by atoms with E-state index in [0.717, 1.165) is 33.8 Å². The molecule has 6 rings (SSSR count). The van der Waals surface area contributed by atoms with E-state index in [0.29, 0.717) is 5.84 Å². The van der Waals surface area contributed by atoms with Crippen LogP contribution in [0.3, 0.4) is 0 Å². The molecule has 0 radical (unpaired) electrons. The van der Waals surface area contributed by atoms with Gasteiger partial charge in [0.1, 0.15) is 12.0 Å². The predicted molar refractivity (Wildman–Crippen MR) is 125 cm³/mol. The van der Waals surface area contributed by atoms with Crippen LogP contribution in [0.2, 0.25) is 0 Å². The van der Waals surface area contributed by atoms with Crippen molar-refractivity contribution in [2.45, 2.75) is 0 Å². The third-order valence-corrected chi connectivity index (χ3v) is 5.52. The Labute approximate surface area is 179 Å². The van der Waals surface area contributed by atoms with Crippen molar-refractivity contribution in [3.8, 4) is 11.3 Å². The summed E-state index contributed by atoms with van der Waals surface area (Å²) in [5.41, 5.74) is 4.06. The molecule has 4 aromatic carbocycles.